The molecule has 0 saturated carbocycles. The molecule has 0 bridgehead atoms. The van der Waals surface area contributed by atoms with E-state index in [-0.39, 0.29) is 4.11 Å². The Labute approximate surface area is 63.2 Å². The first-order valence-electron chi connectivity index (χ1n) is 2.37. The number of likely N-dealkylation sites (N-methyl/N-ethyl adjacent to an activating group) is 1. The quantitative estimate of drug-likeness (QED) is 0.400. The van der Waals surface area contributed by atoms with E-state index in [2.05, 4.69) is 5.43 Å². The van der Waals surface area contributed by atoms with Crippen molar-refractivity contribution in [2.24, 2.45) is 0 Å². The van der Waals surface area contributed by atoms with Crippen LogP contribution in [0.5, 0.6) is 0 Å². The fraction of sp³-hybridized carbons (Fsp3) is 1.00. The normalized spacial score (nSPS) is 14.6. The van der Waals surface area contributed by atoms with Crippen LogP contribution in [0.4, 0.5) is 0 Å². The average molecular weight is 230 g/mol. The molecule has 0 aromatic rings. The summed E-state index contributed by atoms with van der Waals surface area (Å²) in [6.45, 7) is 0.650. The maximum Gasteiger partial charge on any atom is 0.119 e. The highest BCUT2D eigenvalue weighted by Gasteiger charge is 1.98. The highest BCUT2D eigenvalue weighted by atomic mass is 127. The van der Waals surface area contributed by atoms with Gasteiger partial charge in [0.05, 0.1) is 0 Å². The van der Waals surface area contributed by atoms with Gasteiger partial charge in [-0.25, -0.2) is 5.01 Å². The molecule has 3 nitrogen and oxygen atoms in total. The number of aliphatic hydroxyl groups is 1. The van der Waals surface area contributed by atoms with E-state index in [0.717, 1.165) is 0 Å². The molecular formula is C4H11IN2O. The topological polar surface area (TPSA) is 35.5 Å². The fourth-order valence-electron chi connectivity index (χ4n) is 0.317. The van der Waals surface area contributed by atoms with E-state index in [1.54, 1.807) is 0 Å². The van der Waals surface area contributed by atoms with Gasteiger partial charge in [0.2, 0.25) is 0 Å². The van der Waals surface area contributed by atoms with Gasteiger partial charge >= 0.3 is 0 Å². The molecule has 0 heterocycles. The van der Waals surface area contributed by atoms with Crippen LogP contribution >= 0.6 is 22.6 Å². The number of hydrogen-bond acceptors (Lipinski definition) is 3. The zero-order valence-corrected chi connectivity index (χ0v) is 7.21. The first-order valence-corrected chi connectivity index (χ1v) is 3.62. The van der Waals surface area contributed by atoms with Crippen LogP contribution in [0.3, 0.4) is 0 Å². The molecule has 0 rings (SSSR count). The summed E-state index contributed by atoms with van der Waals surface area (Å²) in [6, 6.07) is 0. The van der Waals surface area contributed by atoms with Crippen molar-refractivity contribution in [2.45, 2.75) is 4.11 Å². The summed E-state index contributed by atoms with van der Waals surface area (Å²) in [5.41, 5.74) is 2.86. The van der Waals surface area contributed by atoms with Crippen LogP contribution in [0.25, 0.3) is 0 Å². The van der Waals surface area contributed by atoms with Gasteiger partial charge in [-0.2, -0.15) is 0 Å². The number of aliphatic hydroxyl groups excluding tert-OH is 1. The molecule has 0 aromatic heterocycles. The highest BCUT2D eigenvalue weighted by Crippen LogP contribution is 1.93. The Morgan fingerprint density at radius 3 is 2.50 bits per heavy atom. The van der Waals surface area contributed by atoms with Gasteiger partial charge < -0.3 is 5.11 Å². The van der Waals surface area contributed by atoms with Crippen LogP contribution in [-0.2, 0) is 0 Å². The molecule has 8 heavy (non-hydrogen) atoms. The maximum atomic E-state index is 8.76. The van der Waals surface area contributed by atoms with E-state index in [0.29, 0.717) is 6.54 Å². The van der Waals surface area contributed by atoms with Gasteiger partial charge in [0.1, 0.15) is 4.11 Å². The summed E-state index contributed by atoms with van der Waals surface area (Å²) in [4.78, 5) is 0. The third-order valence-corrected chi connectivity index (χ3v) is 1.20. The number of hydrogen-bond donors (Lipinski definition) is 2. The van der Waals surface area contributed by atoms with Crippen LogP contribution in [0.1, 0.15) is 0 Å². The number of alkyl halides is 1. The Morgan fingerprint density at radius 1 is 1.88 bits per heavy atom. The van der Waals surface area contributed by atoms with Crippen LogP contribution in [0.2, 0.25) is 0 Å². The van der Waals surface area contributed by atoms with Gasteiger partial charge in [-0.3, -0.25) is 5.43 Å². The van der Waals surface area contributed by atoms with Crippen LogP contribution < -0.4 is 5.43 Å². The van der Waals surface area contributed by atoms with Crippen molar-refractivity contribution in [2.75, 3.05) is 20.6 Å². The molecule has 1 atom stereocenters. The standard InChI is InChI=1S/C4H11IN2O/c1-6-7(2)3-4(5)8/h4,6,8H,3H2,1-2H3. The molecule has 0 spiro atoms. The lowest BCUT2D eigenvalue weighted by molar-refractivity contribution is 0.175. The molecule has 0 aliphatic rings. The molecule has 2 N–H and O–H groups in total. The predicted molar refractivity (Wildman–Crippen MR) is 41.7 cm³/mol. The van der Waals surface area contributed by atoms with Crippen molar-refractivity contribution in [3.8, 4) is 0 Å². The third kappa shape index (κ3) is 4.76. The van der Waals surface area contributed by atoms with Gasteiger partial charge in [-0.15, -0.1) is 0 Å². The molecule has 0 fully saturated rings. The number of rotatable bonds is 3. The van der Waals surface area contributed by atoms with E-state index in [4.69, 9.17) is 5.11 Å². The van der Waals surface area contributed by atoms with Crippen molar-refractivity contribution < 1.29 is 5.11 Å². The van der Waals surface area contributed by atoms with Crippen LogP contribution in [0, 0.1) is 0 Å². The molecule has 1 unspecified atom stereocenters. The number of nitrogens with one attached hydrogen (secondary N) is 1. The second-order valence-electron chi connectivity index (χ2n) is 1.54. The number of nitrogens with zero attached hydrogens (tertiary/aromatic N) is 1. The van der Waals surface area contributed by atoms with Gasteiger partial charge in [-0.05, 0) is 29.6 Å². The minimum absolute atomic E-state index is 0.287. The molecule has 4 heteroatoms. The number of halogens is 1. The predicted octanol–water partition coefficient (Wildman–Crippen LogP) is -0.194. The molecule has 0 aromatic carbocycles. The second kappa shape index (κ2) is 4.49. The summed E-state index contributed by atoms with van der Waals surface area (Å²) < 4.78 is -0.287. The highest BCUT2D eigenvalue weighted by molar-refractivity contribution is 14.1. The maximum absolute atomic E-state index is 8.76. The molecule has 0 radical (unpaired) electrons. The first-order chi connectivity index (χ1) is 3.66. The smallest absolute Gasteiger partial charge is 0.119 e. The summed E-state index contributed by atoms with van der Waals surface area (Å²) in [6.07, 6.45) is 0. The lowest BCUT2D eigenvalue weighted by Gasteiger charge is -2.14. The Hall–Kier alpha value is 0.610. The second-order valence-corrected chi connectivity index (χ2v) is 2.98. The minimum Gasteiger partial charge on any atom is -0.381 e. The fourth-order valence-corrected chi connectivity index (χ4v) is 0.908. The van der Waals surface area contributed by atoms with E-state index in [1.807, 2.05) is 41.7 Å². The van der Waals surface area contributed by atoms with Crippen LogP contribution in [0.15, 0.2) is 0 Å². The molecule has 0 aliphatic heterocycles. The van der Waals surface area contributed by atoms with Crippen molar-refractivity contribution in [3.63, 3.8) is 0 Å². The van der Waals surface area contributed by atoms with Gasteiger partial charge in [0, 0.05) is 13.6 Å². The van der Waals surface area contributed by atoms with Crippen molar-refractivity contribution in [1.29, 1.82) is 0 Å². The Balaban J connectivity index is 3.10. The SMILES string of the molecule is CNN(C)CC(O)I. The van der Waals surface area contributed by atoms with E-state index < -0.39 is 0 Å². The lowest BCUT2D eigenvalue weighted by Crippen LogP contribution is -2.35. The average Bonchev–Trinajstić information content (AvgIpc) is 1.65. The molecule has 0 aliphatic carbocycles. The summed E-state index contributed by atoms with van der Waals surface area (Å²) in [7, 11) is 3.70. The summed E-state index contributed by atoms with van der Waals surface area (Å²) in [5, 5.41) is 10.6. The van der Waals surface area contributed by atoms with Gasteiger partial charge in [0.15, 0.2) is 0 Å². The Morgan fingerprint density at radius 2 is 2.38 bits per heavy atom. The Kier molecular flexibility index (Phi) is 4.83. The lowest BCUT2D eigenvalue weighted by atomic mass is 10.7. The molecule has 50 valence electrons. The molecule has 0 amide bonds. The van der Waals surface area contributed by atoms with Crippen molar-refractivity contribution in [3.05, 3.63) is 0 Å². The summed E-state index contributed by atoms with van der Waals surface area (Å²) in [5.74, 6) is 0. The molecule has 0 saturated heterocycles. The van der Waals surface area contributed by atoms with Gasteiger partial charge in [0.25, 0.3) is 0 Å². The zero-order valence-electron chi connectivity index (χ0n) is 5.06. The Bertz CT molecular complexity index is 60.0. The summed E-state index contributed by atoms with van der Waals surface area (Å²) >= 11 is 1.95. The van der Waals surface area contributed by atoms with Crippen LogP contribution in [-0.4, -0.2) is 34.9 Å². The zero-order chi connectivity index (χ0) is 6.57. The van der Waals surface area contributed by atoms with E-state index in [1.165, 1.54) is 0 Å². The minimum atomic E-state index is -0.287. The van der Waals surface area contributed by atoms with E-state index >= 15 is 0 Å². The first kappa shape index (κ1) is 8.61. The number of hydrazine groups is 1. The van der Waals surface area contributed by atoms with Crippen molar-refractivity contribution in [1.82, 2.24) is 10.4 Å². The van der Waals surface area contributed by atoms with E-state index in [9.17, 15) is 0 Å². The van der Waals surface area contributed by atoms with Gasteiger partial charge in [-0.1, -0.05) is 0 Å². The largest absolute Gasteiger partial charge is 0.381 e. The third-order valence-electron chi connectivity index (χ3n) is 0.806. The van der Waals surface area contributed by atoms with Crippen molar-refractivity contribution >= 4 is 22.6 Å². The monoisotopic (exact) mass is 230 g/mol. The molecular weight excluding hydrogens is 219 g/mol.